The van der Waals surface area contributed by atoms with Gasteiger partial charge in [-0.05, 0) is 41.3 Å². The molecule has 0 aromatic heterocycles. The number of nitrogens with one attached hydrogen (secondary N) is 1. The minimum absolute atomic E-state index is 0.124. The van der Waals surface area contributed by atoms with Crippen LogP contribution in [0, 0.1) is 0 Å². The normalized spacial score (nSPS) is 12.5. The van der Waals surface area contributed by atoms with E-state index in [0.29, 0.717) is 11.3 Å². The van der Waals surface area contributed by atoms with E-state index in [1.165, 1.54) is 12.1 Å². The molecule has 138 valence electrons. The summed E-state index contributed by atoms with van der Waals surface area (Å²) in [6.45, 7) is 1.78. The van der Waals surface area contributed by atoms with Crippen LogP contribution in [0.4, 0.5) is 18.9 Å². The number of primary amides is 1. The maximum absolute atomic E-state index is 12.6. The molecular weight excluding hydrogens is 345 g/mol. The summed E-state index contributed by atoms with van der Waals surface area (Å²) in [5, 5.41) is 2.72. The molecule has 0 saturated heterocycles. The van der Waals surface area contributed by atoms with Crippen LogP contribution in [0.25, 0.3) is 0 Å². The number of carbonyl (C=O) groups excluding carboxylic acids is 2. The van der Waals surface area contributed by atoms with Crippen LogP contribution in [0.15, 0.2) is 48.5 Å². The molecule has 0 saturated carbocycles. The van der Waals surface area contributed by atoms with Crippen molar-refractivity contribution in [2.24, 2.45) is 5.73 Å². The lowest BCUT2D eigenvalue weighted by atomic mass is 9.96. The van der Waals surface area contributed by atoms with Crippen molar-refractivity contribution >= 4 is 17.5 Å². The second kappa shape index (κ2) is 8.03. The van der Waals surface area contributed by atoms with E-state index in [1.54, 1.807) is 31.2 Å². The van der Waals surface area contributed by atoms with Crippen LogP contribution in [-0.2, 0) is 22.2 Å². The van der Waals surface area contributed by atoms with Crippen LogP contribution < -0.4 is 11.1 Å². The molecule has 0 fully saturated rings. The van der Waals surface area contributed by atoms with Crippen LogP contribution >= 0.6 is 0 Å². The number of alkyl halides is 3. The minimum atomic E-state index is -4.38. The average molecular weight is 364 g/mol. The third-order valence-corrected chi connectivity index (χ3v) is 3.91. The van der Waals surface area contributed by atoms with Crippen molar-refractivity contribution < 1.29 is 22.8 Å². The highest BCUT2D eigenvalue weighted by Crippen LogP contribution is 2.30. The number of halogens is 3. The number of hydrogen-bond donors (Lipinski definition) is 2. The van der Waals surface area contributed by atoms with E-state index >= 15 is 0 Å². The van der Waals surface area contributed by atoms with Gasteiger partial charge in [0.2, 0.25) is 11.8 Å². The number of hydrogen-bond acceptors (Lipinski definition) is 2. The van der Waals surface area contributed by atoms with Gasteiger partial charge in [-0.3, -0.25) is 9.59 Å². The fraction of sp³-hybridized carbons (Fsp3) is 0.263. The summed E-state index contributed by atoms with van der Waals surface area (Å²) in [6, 6.07) is 11.5. The van der Waals surface area contributed by atoms with Crippen LogP contribution in [-0.4, -0.2) is 11.8 Å². The topological polar surface area (TPSA) is 72.2 Å². The van der Waals surface area contributed by atoms with Gasteiger partial charge in [0.25, 0.3) is 0 Å². The van der Waals surface area contributed by atoms with E-state index in [2.05, 4.69) is 5.32 Å². The second-order valence-electron chi connectivity index (χ2n) is 6.11. The minimum Gasteiger partial charge on any atom is -0.369 e. The molecule has 0 aliphatic heterocycles. The molecule has 2 rings (SSSR count). The Bertz CT molecular complexity index is 769. The highest BCUT2D eigenvalue weighted by atomic mass is 19.4. The van der Waals surface area contributed by atoms with Crippen LogP contribution in [0.5, 0.6) is 0 Å². The third-order valence-electron chi connectivity index (χ3n) is 3.91. The highest BCUT2D eigenvalue weighted by Gasteiger charge is 2.30. The first-order valence-corrected chi connectivity index (χ1v) is 7.99. The van der Waals surface area contributed by atoms with E-state index in [4.69, 9.17) is 5.73 Å². The lowest BCUT2D eigenvalue weighted by Crippen LogP contribution is -2.15. The fourth-order valence-electron chi connectivity index (χ4n) is 2.52. The van der Waals surface area contributed by atoms with Gasteiger partial charge in [-0.15, -0.1) is 0 Å². The van der Waals surface area contributed by atoms with Crippen LogP contribution in [0.2, 0.25) is 0 Å². The zero-order valence-electron chi connectivity index (χ0n) is 14.1. The predicted octanol–water partition coefficient (Wildman–Crippen LogP) is 3.87. The molecule has 0 aliphatic rings. The summed E-state index contributed by atoms with van der Waals surface area (Å²) in [4.78, 5) is 23.0. The lowest BCUT2D eigenvalue weighted by molar-refractivity contribution is -0.137. The molecule has 0 unspecified atom stereocenters. The van der Waals surface area contributed by atoms with E-state index < -0.39 is 17.6 Å². The van der Waals surface area contributed by atoms with E-state index in [0.717, 1.165) is 17.7 Å². The van der Waals surface area contributed by atoms with Crippen molar-refractivity contribution in [2.75, 3.05) is 5.32 Å². The Labute approximate surface area is 149 Å². The average Bonchev–Trinajstić information content (AvgIpc) is 2.55. The fourth-order valence-corrected chi connectivity index (χ4v) is 2.52. The third kappa shape index (κ3) is 5.61. The Morgan fingerprint density at radius 3 is 2.12 bits per heavy atom. The predicted molar refractivity (Wildman–Crippen MR) is 92.4 cm³/mol. The second-order valence-corrected chi connectivity index (χ2v) is 6.11. The monoisotopic (exact) mass is 364 g/mol. The van der Waals surface area contributed by atoms with Gasteiger partial charge in [0.15, 0.2) is 0 Å². The van der Waals surface area contributed by atoms with Crippen molar-refractivity contribution in [2.45, 2.75) is 31.9 Å². The lowest BCUT2D eigenvalue weighted by Gasteiger charge is -2.14. The van der Waals surface area contributed by atoms with Gasteiger partial charge in [0.1, 0.15) is 0 Å². The molecule has 3 N–H and O–H groups in total. The number of amides is 2. The molecule has 0 aliphatic carbocycles. The van der Waals surface area contributed by atoms with Gasteiger partial charge in [-0.25, -0.2) is 0 Å². The molecule has 1 atom stereocenters. The summed E-state index contributed by atoms with van der Waals surface area (Å²) in [5.74, 6) is -0.918. The Hall–Kier alpha value is -2.83. The van der Waals surface area contributed by atoms with Gasteiger partial charge in [0, 0.05) is 12.1 Å². The Morgan fingerprint density at radius 1 is 1.04 bits per heavy atom. The number of benzene rings is 2. The van der Waals surface area contributed by atoms with Crippen molar-refractivity contribution in [1.82, 2.24) is 0 Å². The molecule has 0 bridgehead atoms. The summed E-state index contributed by atoms with van der Waals surface area (Å²) in [7, 11) is 0. The van der Waals surface area contributed by atoms with Gasteiger partial charge in [-0.2, -0.15) is 13.2 Å². The summed E-state index contributed by atoms with van der Waals surface area (Å²) in [6.07, 6.45) is -4.12. The summed E-state index contributed by atoms with van der Waals surface area (Å²) < 4.78 is 37.7. The Morgan fingerprint density at radius 2 is 1.62 bits per heavy atom. The van der Waals surface area contributed by atoms with Crippen molar-refractivity contribution in [1.29, 1.82) is 0 Å². The van der Waals surface area contributed by atoms with Crippen molar-refractivity contribution in [3.63, 3.8) is 0 Å². The first-order valence-electron chi connectivity index (χ1n) is 7.99. The van der Waals surface area contributed by atoms with Crippen molar-refractivity contribution in [3.05, 3.63) is 65.2 Å². The molecule has 2 aromatic carbocycles. The Kier molecular flexibility index (Phi) is 6.02. The number of nitrogens with two attached hydrogens (primary N) is 1. The first-order chi connectivity index (χ1) is 12.1. The molecule has 2 aromatic rings. The molecule has 7 heteroatoms. The van der Waals surface area contributed by atoms with E-state index in [9.17, 15) is 22.8 Å². The number of rotatable bonds is 6. The summed E-state index contributed by atoms with van der Waals surface area (Å²) in [5.41, 5.74) is 6.37. The maximum Gasteiger partial charge on any atom is 0.416 e. The number of anilines is 1. The molecule has 0 radical (unpaired) electrons. The quantitative estimate of drug-likeness (QED) is 0.817. The SMILES string of the molecule is C[C@@H](CC(=O)Nc1ccc(CC(N)=O)cc1)c1ccc(C(F)(F)F)cc1. The first kappa shape index (κ1) is 19.5. The van der Waals surface area contributed by atoms with Crippen LogP contribution in [0.1, 0.15) is 36.0 Å². The zero-order valence-corrected chi connectivity index (χ0v) is 14.1. The molecule has 26 heavy (non-hydrogen) atoms. The molecule has 0 spiro atoms. The maximum atomic E-state index is 12.6. The molecule has 0 heterocycles. The van der Waals surface area contributed by atoms with Gasteiger partial charge >= 0.3 is 6.18 Å². The van der Waals surface area contributed by atoms with Gasteiger partial charge in [0.05, 0.1) is 12.0 Å². The Balaban J connectivity index is 1.93. The molecule has 4 nitrogen and oxygen atoms in total. The number of carbonyl (C=O) groups is 2. The largest absolute Gasteiger partial charge is 0.416 e. The standard InChI is InChI=1S/C19H19F3N2O2/c1-12(14-4-6-15(7-5-14)19(20,21)22)10-18(26)24-16-8-2-13(3-9-16)11-17(23)25/h2-9,12H,10-11H2,1H3,(H2,23,25)(H,24,26)/t12-/m0/s1. The summed E-state index contributed by atoms with van der Waals surface area (Å²) >= 11 is 0. The highest BCUT2D eigenvalue weighted by molar-refractivity contribution is 5.91. The van der Waals surface area contributed by atoms with E-state index in [1.807, 2.05) is 0 Å². The zero-order chi connectivity index (χ0) is 19.3. The van der Waals surface area contributed by atoms with Gasteiger partial charge < -0.3 is 11.1 Å². The molecule has 2 amide bonds. The van der Waals surface area contributed by atoms with Crippen LogP contribution in [0.3, 0.4) is 0 Å². The van der Waals surface area contributed by atoms with Gasteiger partial charge in [-0.1, -0.05) is 31.2 Å². The smallest absolute Gasteiger partial charge is 0.369 e. The van der Waals surface area contributed by atoms with E-state index in [-0.39, 0.29) is 24.7 Å². The molecular formula is C19H19F3N2O2. The van der Waals surface area contributed by atoms with Crippen molar-refractivity contribution in [3.8, 4) is 0 Å².